The van der Waals surface area contributed by atoms with Crippen LogP contribution in [-0.4, -0.2) is 23.2 Å². The number of sulfonamides is 2. The third kappa shape index (κ3) is 4.29. The lowest BCUT2D eigenvalue weighted by molar-refractivity contribution is 0.306. The Morgan fingerprint density at radius 3 is 2.43 bits per heavy atom. The summed E-state index contributed by atoms with van der Waals surface area (Å²) in [6.45, 7) is 0.395. The minimum Gasteiger partial charge on any atom is -0.489 e. The Morgan fingerprint density at radius 2 is 1.70 bits per heavy atom. The normalized spacial score (nSPS) is 14.4. The highest BCUT2D eigenvalue weighted by atomic mass is 32.2. The van der Waals surface area contributed by atoms with E-state index in [9.17, 15) is 16.8 Å². The first kappa shape index (κ1) is 19.9. The SMILES string of the molecule is O=S1(=O)N=CNc2ccc(S(=O)(=O)Nc3ccc(OCc4ccccc4)cc3)cc21. The van der Waals surface area contributed by atoms with Crippen LogP contribution >= 0.6 is 0 Å². The monoisotopic (exact) mass is 443 g/mol. The van der Waals surface area contributed by atoms with E-state index in [1.807, 2.05) is 30.3 Å². The molecule has 1 aliphatic rings. The maximum Gasteiger partial charge on any atom is 0.285 e. The van der Waals surface area contributed by atoms with Crippen molar-refractivity contribution in [2.75, 3.05) is 10.0 Å². The third-order valence-electron chi connectivity index (χ3n) is 4.31. The molecular formula is C20H17N3O5S2. The molecule has 8 nitrogen and oxygen atoms in total. The summed E-state index contributed by atoms with van der Waals surface area (Å²) in [5.41, 5.74) is 1.60. The number of rotatable bonds is 6. The van der Waals surface area contributed by atoms with E-state index in [4.69, 9.17) is 4.74 Å². The molecule has 3 aromatic rings. The van der Waals surface area contributed by atoms with Crippen molar-refractivity contribution in [3.05, 3.63) is 78.4 Å². The van der Waals surface area contributed by atoms with Gasteiger partial charge in [0.25, 0.3) is 20.0 Å². The lowest BCUT2D eigenvalue weighted by atomic mass is 10.2. The fourth-order valence-electron chi connectivity index (χ4n) is 2.80. The van der Waals surface area contributed by atoms with Crippen molar-refractivity contribution in [1.82, 2.24) is 0 Å². The van der Waals surface area contributed by atoms with Crippen molar-refractivity contribution < 1.29 is 21.6 Å². The second-order valence-electron chi connectivity index (χ2n) is 6.42. The van der Waals surface area contributed by atoms with E-state index < -0.39 is 20.0 Å². The highest BCUT2D eigenvalue weighted by Gasteiger charge is 2.24. The Bertz CT molecular complexity index is 1300. The van der Waals surface area contributed by atoms with Gasteiger partial charge in [0, 0.05) is 5.69 Å². The van der Waals surface area contributed by atoms with Crippen LogP contribution in [0, 0.1) is 0 Å². The van der Waals surface area contributed by atoms with E-state index in [1.54, 1.807) is 24.3 Å². The molecule has 0 radical (unpaired) electrons. The Hall–Kier alpha value is -3.37. The van der Waals surface area contributed by atoms with Crippen LogP contribution in [0.1, 0.15) is 5.56 Å². The molecule has 0 fully saturated rings. The molecule has 0 aromatic heterocycles. The number of nitrogens with one attached hydrogen (secondary N) is 2. The van der Waals surface area contributed by atoms with E-state index in [-0.39, 0.29) is 15.5 Å². The van der Waals surface area contributed by atoms with Gasteiger partial charge in [0.1, 0.15) is 23.6 Å². The van der Waals surface area contributed by atoms with Gasteiger partial charge in [-0.3, -0.25) is 4.72 Å². The summed E-state index contributed by atoms with van der Waals surface area (Å²) in [6.07, 6.45) is 1.05. The maximum absolute atomic E-state index is 12.7. The first-order valence-corrected chi connectivity index (χ1v) is 11.7. The molecule has 0 aliphatic carbocycles. The molecule has 0 spiro atoms. The van der Waals surface area contributed by atoms with Gasteiger partial charge in [0.2, 0.25) is 0 Å². The topological polar surface area (TPSA) is 114 Å². The van der Waals surface area contributed by atoms with Gasteiger partial charge in [-0.25, -0.2) is 8.42 Å². The molecule has 0 saturated heterocycles. The standard InChI is InChI=1S/C20H17N3O5S2/c24-29(25,18-10-11-19-20(12-18)30(26,27)22-14-21-19)23-16-6-8-17(9-7-16)28-13-15-4-2-1-3-5-15/h1-12,14,23H,13H2,(H,21,22). The quantitative estimate of drug-likeness (QED) is 0.605. The van der Waals surface area contributed by atoms with Gasteiger partial charge in [0.15, 0.2) is 0 Å². The van der Waals surface area contributed by atoms with Crippen LogP contribution in [0.2, 0.25) is 0 Å². The zero-order valence-corrected chi connectivity index (χ0v) is 17.2. The zero-order valence-electron chi connectivity index (χ0n) is 15.5. The number of anilines is 2. The van der Waals surface area contributed by atoms with Gasteiger partial charge in [-0.05, 0) is 48.0 Å². The Balaban J connectivity index is 1.49. The molecule has 3 aromatic carbocycles. The van der Waals surface area contributed by atoms with Crippen LogP contribution in [0.15, 0.2) is 87.0 Å². The van der Waals surface area contributed by atoms with Crippen LogP contribution in [0.3, 0.4) is 0 Å². The van der Waals surface area contributed by atoms with Gasteiger partial charge in [-0.15, -0.1) is 4.40 Å². The fourth-order valence-corrected chi connectivity index (χ4v) is 4.94. The second-order valence-corrected chi connectivity index (χ2v) is 9.70. The lowest BCUT2D eigenvalue weighted by Crippen LogP contribution is -2.16. The van der Waals surface area contributed by atoms with Crippen LogP contribution < -0.4 is 14.8 Å². The minimum atomic E-state index is -4.00. The third-order valence-corrected chi connectivity index (χ3v) is 6.96. The maximum atomic E-state index is 12.7. The highest BCUT2D eigenvalue weighted by Crippen LogP contribution is 2.29. The second kappa shape index (κ2) is 7.81. The van der Waals surface area contributed by atoms with Crippen molar-refractivity contribution in [2.45, 2.75) is 16.4 Å². The van der Waals surface area contributed by atoms with E-state index in [2.05, 4.69) is 14.4 Å². The first-order chi connectivity index (χ1) is 14.3. The molecule has 0 bridgehead atoms. The Labute approximate surface area is 174 Å². The number of ether oxygens (including phenoxy) is 1. The van der Waals surface area contributed by atoms with Gasteiger partial charge in [0.05, 0.1) is 10.6 Å². The number of hydrogen-bond donors (Lipinski definition) is 2. The number of hydrogen-bond acceptors (Lipinski definition) is 6. The summed E-state index contributed by atoms with van der Waals surface area (Å²) in [4.78, 5) is -0.384. The molecule has 2 N–H and O–H groups in total. The van der Waals surface area contributed by atoms with Crippen LogP contribution in [0.5, 0.6) is 5.75 Å². The van der Waals surface area contributed by atoms with Gasteiger partial charge >= 0.3 is 0 Å². The summed E-state index contributed by atoms with van der Waals surface area (Å²) in [7, 11) is -7.93. The van der Waals surface area contributed by atoms with Crippen molar-refractivity contribution >= 4 is 37.8 Å². The summed E-state index contributed by atoms with van der Waals surface area (Å²) in [5, 5.41) is 2.68. The molecule has 10 heteroatoms. The molecule has 4 rings (SSSR count). The van der Waals surface area contributed by atoms with Gasteiger partial charge in [-0.1, -0.05) is 30.3 Å². The molecule has 154 valence electrons. The van der Waals surface area contributed by atoms with E-state index in [0.29, 0.717) is 18.0 Å². The average Bonchev–Trinajstić information content (AvgIpc) is 2.73. The molecule has 1 heterocycles. The Morgan fingerprint density at radius 1 is 0.967 bits per heavy atom. The summed E-state index contributed by atoms with van der Waals surface area (Å²) in [6, 6.07) is 19.9. The number of benzene rings is 3. The van der Waals surface area contributed by atoms with E-state index in [1.165, 1.54) is 12.1 Å². The minimum absolute atomic E-state index is 0.187. The highest BCUT2D eigenvalue weighted by molar-refractivity contribution is 7.93. The smallest absolute Gasteiger partial charge is 0.285 e. The predicted molar refractivity (Wildman–Crippen MR) is 114 cm³/mol. The van der Waals surface area contributed by atoms with Crippen molar-refractivity contribution in [2.24, 2.45) is 4.40 Å². The molecule has 0 amide bonds. The molecule has 0 saturated carbocycles. The zero-order chi connectivity index (χ0) is 21.2. The molecule has 1 aliphatic heterocycles. The fraction of sp³-hybridized carbons (Fsp3) is 0.0500. The van der Waals surface area contributed by atoms with Crippen LogP contribution in [-0.2, 0) is 26.7 Å². The van der Waals surface area contributed by atoms with Gasteiger partial charge < -0.3 is 10.1 Å². The average molecular weight is 444 g/mol. The predicted octanol–water partition coefficient (Wildman–Crippen LogP) is 3.21. The molecular weight excluding hydrogens is 426 g/mol. The van der Waals surface area contributed by atoms with Crippen molar-refractivity contribution in [3.63, 3.8) is 0 Å². The molecule has 0 unspecified atom stereocenters. The first-order valence-electron chi connectivity index (χ1n) is 8.82. The van der Waals surface area contributed by atoms with Gasteiger partial charge in [-0.2, -0.15) is 8.42 Å². The number of nitrogens with zero attached hydrogens (tertiary/aromatic N) is 1. The summed E-state index contributed by atoms with van der Waals surface area (Å²) < 4.78 is 61.0. The lowest BCUT2D eigenvalue weighted by Gasteiger charge is -2.14. The van der Waals surface area contributed by atoms with E-state index in [0.717, 1.165) is 18.0 Å². The summed E-state index contributed by atoms with van der Waals surface area (Å²) >= 11 is 0. The molecule has 0 atom stereocenters. The largest absolute Gasteiger partial charge is 0.489 e. The van der Waals surface area contributed by atoms with Crippen molar-refractivity contribution in [3.8, 4) is 5.75 Å². The number of fused-ring (bicyclic) bond motifs is 1. The van der Waals surface area contributed by atoms with Crippen LogP contribution in [0.4, 0.5) is 11.4 Å². The Kier molecular flexibility index (Phi) is 5.18. The van der Waals surface area contributed by atoms with Crippen molar-refractivity contribution in [1.29, 1.82) is 0 Å². The van der Waals surface area contributed by atoms with Crippen LogP contribution in [0.25, 0.3) is 0 Å². The van der Waals surface area contributed by atoms with E-state index >= 15 is 0 Å². The molecule has 30 heavy (non-hydrogen) atoms. The summed E-state index contributed by atoms with van der Waals surface area (Å²) in [5.74, 6) is 0.589.